The number of amides is 2. The molecule has 0 radical (unpaired) electrons. The maximum Gasteiger partial charge on any atom is 0.247 e. The van der Waals surface area contributed by atoms with Gasteiger partial charge in [0.15, 0.2) is 0 Å². The normalized spacial score (nSPS) is 14.5. The fraction of sp³-hybridized carbons (Fsp3) is 0.263. The summed E-state index contributed by atoms with van der Waals surface area (Å²) in [6, 6.07) is 14.5. The zero-order valence-electron chi connectivity index (χ0n) is 13.9. The van der Waals surface area contributed by atoms with E-state index >= 15 is 0 Å². The molecule has 0 aliphatic heterocycles. The quantitative estimate of drug-likeness (QED) is 0.737. The van der Waals surface area contributed by atoms with Crippen LogP contribution in [0.1, 0.15) is 31.4 Å². The van der Waals surface area contributed by atoms with Crippen LogP contribution in [0.4, 0.5) is 11.4 Å². The highest BCUT2D eigenvalue weighted by atomic mass is 35.5. The molecule has 1 atom stereocenters. The molecular weight excluding hydrogens is 338 g/mol. The lowest BCUT2D eigenvalue weighted by Crippen LogP contribution is -2.34. The summed E-state index contributed by atoms with van der Waals surface area (Å²) < 4.78 is 0. The first-order chi connectivity index (χ1) is 12.0. The lowest BCUT2D eigenvalue weighted by Gasteiger charge is -2.20. The first kappa shape index (κ1) is 17.3. The molecule has 0 aromatic heterocycles. The Balaban J connectivity index is 1.84. The number of hydrogen-bond donors (Lipinski definition) is 3. The average Bonchev–Trinajstić information content (AvgIpc) is 3.39. The van der Waals surface area contributed by atoms with Gasteiger partial charge in [0.1, 0.15) is 6.04 Å². The molecule has 1 saturated carbocycles. The third-order valence-corrected chi connectivity index (χ3v) is 4.24. The molecule has 2 amide bonds. The van der Waals surface area contributed by atoms with E-state index in [1.807, 2.05) is 30.3 Å². The molecule has 2 aromatic rings. The molecular formula is C19H20ClN3O2. The molecule has 1 aliphatic carbocycles. The maximum absolute atomic E-state index is 12.7. The van der Waals surface area contributed by atoms with E-state index < -0.39 is 6.04 Å². The van der Waals surface area contributed by atoms with Crippen LogP contribution in [0.2, 0.25) is 5.02 Å². The van der Waals surface area contributed by atoms with Crippen LogP contribution < -0.4 is 16.0 Å². The fourth-order valence-electron chi connectivity index (χ4n) is 2.53. The first-order valence-corrected chi connectivity index (χ1v) is 8.60. The highest BCUT2D eigenvalue weighted by Gasteiger charge is 2.28. The van der Waals surface area contributed by atoms with Gasteiger partial charge in [0.25, 0.3) is 0 Å². The van der Waals surface area contributed by atoms with E-state index in [0.717, 1.165) is 18.4 Å². The van der Waals surface area contributed by atoms with Crippen molar-refractivity contribution in [1.82, 2.24) is 5.32 Å². The Morgan fingerprint density at radius 3 is 2.48 bits per heavy atom. The van der Waals surface area contributed by atoms with Crippen molar-refractivity contribution in [3.05, 3.63) is 59.1 Å². The Bertz CT molecular complexity index is 775. The molecule has 1 aliphatic rings. The number of nitrogens with one attached hydrogen (secondary N) is 3. The second kappa shape index (κ2) is 7.57. The molecule has 2 aromatic carbocycles. The smallest absolute Gasteiger partial charge is 0.247 e. The zero-order valence-corrected chi connectivity index (χ0v) is 14.6. The molecule has 130 valence electrons. The minimum Gasteiger partial charge on any atom is -0.370 e. The third kappa shape index (κ3) is 4.73. The number of carbonyl (C=O) groups is 2. The van der Waals surface area contributed by atoms with Gasteiger partial charge in [-0.15, -0.1) is 0 Å². The average molecular weight is 358 g/mol. The van der Waals surface area contributed by atoms with Gasteiger partial charge in [0.05, 0.1) is 10.7 Å². The monoisotopic (exact) mass is 357 g/mol. The first-order valence-electron chi connectivity index (χ1n) is 8.22. The van der Waals surface area contributed by atoms with Crippen molar-refractivity contribution in [1.29, 1.82) is 0 Å². The van der Waals surface area contributed by atoms with Crippen molar-refractivity contribution >= 4 is 34.8 Å². The summed E-state index contributed by atoms with van der Waals surface area (Å²) >= 11 is 6.11. The van der Waals surface area contributed by atoms with E-state index in [9.17, 15) is 9.59 Å². The molecule has 0 heterocycles. The van der Waals surface area contributed by atoms with E-state index in [1.54, 1.807) is 18.2 Å². The predicted molar refractivity (Wildman–Crippen MR) is 99.7 cm³/mol. The minimum atomic E-state index is -0.520. The highest BCUT2D eigenvalue weighted by Crippen LogP contribution is 2.29. The molecule has 3 N–H and O–H groups in total. The van der Waals surface area contributed by atoms with Crippen molar-refractivity contribution in [2.24, 2.45) is 0 Å². The third-order valence-electron chi connectivity index (χ3n) is 3.91. The van der Waals surface area contributed by atoms with Crippen molar-refractivity contribution in [2.75, 3.05) is 10.6 Å². The van der Waals surface area contributed by atoms with E-state index in [0.29, 0.717) is 16.4 Å². The van der Waals surface area contributed by atoms with Crippen LogP contribution in [-0.4, -0.2) is 17.9 Å². The van der Waals surface area contributed by atoms with Crippen LogP contribution >= 0.6 is 11.6 Å². The van der Waals surface area contributed by atoms with Gasteiger partial charge in [0, 0.05) is 18.7 Å². The Morgan fingerprint density at radius 1 is 1.12 bits per heavy atom. The second-order valence-corrected chi connectivity index (χ2v) is 6.55. The Morgan fingerprint density at radius 2 is 1.84 bits per heavy atom. The van der Waals surface area contributed by atoms with Crippen LogP contribution in [0, 0.1) is 0 Å². The van der Waals surface area contributed by atoms with Crippen LogP contribution in [-0.2, 0) is 9.59 Å². The minimum absolute atomic E-state index is 0.0651. The summed E-state index contributed by atoms with van der Waals surface area (Å²) in [5, 5.41) is 9.41. The fourth-order valence-corrected chi connectivity index (χ4v) is 2.69. The van der Waals surface area contributed by atoms with E-state index in [-0.39, 0.29) is 17.9 Å². The van der Waals surface area contributed by atoms with Crippen molar-refractivity contribution in [3.63, 3.8) is 0 Å². The lowest BCUT2D eigenvalue weighted by molar-refractivity contribution is -0.122. The molecule has 0 saturated heterocycles. The van der Waals surface area contributed by atoms with Crippen molar-refractivity contribution in [2.45, 2.75) is 31.8 Å². The van der Waals surface area contributed by atoms with Gasteiger partial charge in [0.2, 0.25) is 11.8 Å². The number of benzene rings is 2. The molecule has 1 fully saturated rings. The van der Waals surface area contributed by atoms with Crippen LogP contribution in [0.15, 0.2) is 48.5 Å². The van der Waals surface area contributed by atoms with Gasteiger partial charge in [-0.05, 0) is 36.6 Å². The number of carbonyl (C=O) groups excluding carboxylic acids is 2. The van der Waals surface area contributed by atoms with Gasteiger partial charge in [-0.3, -0.25) is 9.59 Å². The molecule has 25 heavy (non-hydrogen) atoms. The zero-order chi connectivity index (χ0) is 17.8. The molecule has 0 bridgehead atoms. The van der Waals surface area contributed by atoms with E-state index in [2.05, 4.69) is 16.0 Å². The standard InChI is InChI=1S/C19H20ClN3O2/c1-12(24)21-17-11-15(9-10-16(17)20)22-18(13-5-3-2-4-6-13)19(25)23-14-7-8-14/h2-6,9-11,14,18,22H,7-8H2,1H3,(H,21,24)(H,23,25). The number of hydrogen-bond acceptors (Lipinski definition) is 3. The SMILES string of the molecule is CC(=O)Nc1cc(NC(C(=O)NC2CC2)c2ccccc2)ccc1Cl. The van der Waals surface area contributed by atoms with Crippen LogP contribution in [0.25, 0.3) is 0 Å². The Hall–Kier alpha value is -2.53. The maximum atomic E-state index is 12.7. The molecule has 1 unspecified atom stereocenters. The molecule has 0 spiro atoms. The number of anilines is 2. The van der Waals surface area contributed by atoms with Crippen LogP contribution in [0.5, 0.6) is 0 Å². The van der Waals surface area contributed by atoms with E-state index in [1.165, 1.54) is 6.92 Å². The Kier molecular flexibility index (Phi) is 5.24. The van der Waals surface area contributed by atoms with Gasteiger partial charge >= 0.3 is 0 Å². The molecule has 3 rings (SSSR count). The molecule has 5 nitrogen and oxygen atoms in total. The second-order valence-electron chi connectivity index (χ2n) is 6.15. The van der Waals surface area contributed by atoms with E-state index in [4.69, 9.17) is 11.6 Å². The van der Waals surface area contributed by atoms with Gasteiger partial charge in [-0.25, -0.2) is 0 Å². The number of halogens is 1. The number of rotatable bonds is 6. The summed E-state index contributed by atoms with van der Waals surface area (Å²) in [4.78, 5) is 24.0. The lowest BCUT2D eigenvalue weighted by atomic mass is 10.1. The van der Waals surface area contributed by atoms with Gasteiger partial charge < -0.3 is 16.0 Å². The highest BCUT2D eigenvalue weighted by molar-refractivity contribution is 6.33. The summed E-state index contributed by atoms with van der Waals surface area (Å²) in [7, 11) is 0. The van der Waals surface area contributed by atoms with Crippen LogP contribution in [0.3, 0.4) is 0 Å². The summed E-state index contributed by atoms with van der Waals surface area (Å²) in [5.74, 6) is -0.269. The summed E-state index contributed by atoms with van der Waals surface area (Å²) in [6.45, 7) is 1.42. The Labute approximate surface area is 151 Å². The summed E-state index contributed by atoms with van der Waals surface area (Å²) in [6.07, 6.45) is 2.06. The van der Waals surface area contributed by atoms with Gasteiger partial charge in [-0.1, -0.05) is 41.9 Å². The largest absolute Gasteiger partial charge is 0.370 e. The van der Waals surface area contributed by atoms with Gasteiger partial charge in [-0.2, -0.15) is 0 Å². The predicted octanol–water partition coefficient (Wildman–Crippen LogP) is 3.73. The van der Waals surface area contributed by atoms with Crippen molar-refractivity contribution < 1.29 is 9.59 Å². The van der Waals surface area contributed by atoms with Crippen molar-refractivity contribution in [3.8, 4) is 0 Å². The topological polar surface area (TPSA) is 70.2 Å². The molecule has 6 heteroatoms. The summed E-state index contributed by atoms with van der Waals surface area (Å²) in [5.41, 5.74) is 2.08.